The van der Waals surface area contributed by atoms with Crippen LogP contribution in [-0.2, 0) is 6.42 Å². The third-order valence-corrected chi connectivity index (χ3v) is 3.02. The Labute approximate surface area is 108 Å². The molecule has 1 rings (SSSR count). The van der Waals surface area contributed by atoms with E-state index < -0.39 is 0 Å². The highest BCUT2D eigenvalue weighted by Gasteiger charge is 2.13. The molecular weight excluding hydrogens is 228 g/mol. The summed E-state index contributed by atoms with van der Waals surface area (Å²) in [7, 11) is 0. The monoisotopic (exact) mass is 248 g/mol. The van der Waals surface area contributed by atoms with E-state index in [1.165, 1.54) is 0 Å². The maximum Gasteiger partial charge on any atom is 0.276 e. The van der Waals surface area contributed by atoms with Crippen molar-refractivity contribution in [2.75, 3.05) is 13.1 Å². The predicted octanol–water partition coefficient (Wildman–Crippen LogP) is 3.47. The highest BCUT2D eigenvalue weighted by Crippen LogP contribution is 2.24. The molecule has 0 amide bonds. The van der Waals surface area contributed by atoms with Crippen LogP contribution < -0.4 is 0 Å². The van der Waals surface area contributed by atoms with E-state index in [0.29, 0.717) is 0 Å². The van der Waals surface area contributed by atoms with Crippen molar-refractivity contribution in [2.24, 2.45) is 0 Å². The van der Waals surface area contributed by atoms with Crippen LogP contribution in [0.2, 0.25) is 0 Å². The van der Waals surface area contributed by atoms with Crippen LogP contribution >= 0.6 is 0 Å². The van der Waals surface area contributed by atoms with Crippen molar-refractivity contribution in [3.63, 3.8) is 0 Å². The topological polar surface area (TPSA) is 46.4 Å². The fourth-order valence-electron chi connectivity index (χ4n) is 1.87. The van der Waals surface area contributed by atoms with E-state index in [2.05, 4.69) is 18.7 Å². The second-order valence-electron chi connectivity index (χ2n) is 4.00. The van der Waals surface area contributed by atoms with Crippen molar-refractivity contribution in [3.05, 3.63) is 45.6 Å². The average molecular weight is 248 g/mol. The zero-order valence-corrected chi connectivity index (χ0v) is 11.2. The van der Waals surface area contributed by atoms with Crippen molar-refractivity contribution in [1.29, 1.82) is 0 Å². The first-order valence-electron chi connectivity index (χ1n) is 6.32. The van der Waals surface area contributed by atoms with Gasteiger partial charge in [-0.3, -0.25) is 10.1 Å². The van der Waals surface area contributed by atoms with Crippen LogP contribution in [0.4, 0.5) is 5.69 Å². The standard InChI is InChI=1S/C14H20N2O2/c1-4-12-8-7-9-14(16(17)18)13(12)10-11-15(5-2)6-3/h7-11H,4-6H2,1-3H3/b11-10+. The van der Waals surface area contributed by atoms with Gasteiger partial charge in [-0.2, -0.15) is 0 Å². The van der Waals surface area contributed by atoms with E-state index >= 15 is 0 Å². The molecule has 0 radical (unpaired) electrons. The summed E-state index contributed by atoms with van der Waals surface area (Å²) in [4.78, 5) is 12.8. The summed E-state index contributed by atoms with van der Waals surface area (Å²) in [6.45, 7) is 7.93. The molecule has 0 bridgehead atoms. The van der Waals surface area contributed by atoms with Crippen LogP contribution in [-0.4, -0.2) is 22.9 Å². The maximum atomic E-state index is 11.0. The highest BCUT2D eigenvalue weighted by molar-refractivity contribution is 5.64. The first kappa shape index (κ1) is 14.2. The van der Waals surface area contributed by atoms with E-state index in [-0.39, 0.29) is 10.6 Å². The first-order chi connectivity index (χ1) is 8.63. The Hall–Kier alpha value is -1.84. The molecule has 0 saturated heterocycles. The molecule has 1 aromatic carbocycles. The second-order valence-corrected chi connectivity index (χ2v) is 4.00. The minimum Gasteiger partial charge on any atom is -0.378 e. The number of rotatable bonds is 6. The number of hydrogen-bond donors (Lipinski definition) is 0. The fraction of sp³-hybridized carbons (Fsp3) is 0.429. The first-order valence-corrected chi connectivity index (χ1v) is 6.32. The van der Waals surface area contributed by atoms with Crippen LogP contribution in [0.15, 0.2) is 24.4 Å². The lowest BCUT2D eigenvalue weighted by Crippen LogP contribution is -2.15. The van der Waals surface area contributed by atoms with Crippen LogP contribution in [0.1, 0.15) is 31.9 Å². The Bertz CT molecular complexity index is 437. The Morgan fingerprint density at radius 2 is 1.94 bits per heavy atom. The van der Waals surface area contributed by atoms with Gasteiger partial charge in [0, 0.05) is 19.2 Å². The number of benzene rings is 1. The number of nitrogens with zero attached hydrogens (tertiary/aromatic N) is 2. The molecule has 0 N–H and O–H groups in total. The van der Waals surface area contributed by atoms with Gasteiger partial charge in [0.25, 0.3) is 5.69 Å². The fourth-order valence-corrected chi connectivity index (χ4v) is 1.87. The Kier molecular flexibility index (Phi) is 5.36. The zero-order valence-electron chi connectivity index (χ0n) is 11.2. The van der Waals surface area contributed by atoms with Gasteiger partial charge in [-0.1, -0.05) is 19.1 Å². The SMILES string of the molecule is CCc1cccc([N+](=O)[O-])c1/C=C/N(CC)CC. The molecule has 0 saturated carbocycles. The molecule has 0 unspecified atom stereocenters. The molecular formula is C14H20N2O2. The van der Waals surface area contributed by atoms with Gasteiger partial charge < -0.3 is 4.90 Å². The van der Waals surface area contributed by atoms with Crippen molar-refractivity contribution < 1.29 is 4.92 Å². The van der Waals surface area contributed by atoms with Crippen molar-refractivity contribution >= 4 is 11.8 Å². The lowest BCUT2D eigenvalue weighted by atomic mass is 10.0. The Morgan fingerprint density at radius 3 is 2.44 bits per heavy atom. The summed E-state index contributed by atoms with van der Waals surface area (Å²) in [6.07, 6.45) is 4.57. The maximum absolute atomic E-state index is 11.0. The van der Waals surface area contributed by atoms with Crippen LogP contribution in [0.25, 0.3) is 6.08 Å². The second kappa shape index (κ2) is 6.79. The summed E-state index contributed by atoms with van der Waals surface area (Å²) >= 11 is 0. The average Bonchev–Trinajstić information content (AvgIpc) is 2.39. The molecule has 4 heteroatoms. The Balaban J connectivity index is 3.16. The van der Waals surface area contributed by atoms with Crippen LogP contribution in [0.3, 0.4) is 0 Å². The lowest BCUT2D eigenvalue weighted by molar-refractivity contribution is -0.385. The van der Waals surface area contributed by atoms with Gasteiger partial charge >= 0.3 is 0 Å². The van der Waals surface area contributed by atoms with E-state index in [9.17, 15) is 10.1 Å². The van der Waals surface area contributed by atoms with Crippen LogP contribution in [0.5, 0.6) is 0 Å². The molecule has 4 nitrogen and oxygen atoms in total. The molecule has 0 aliphatic heterocycles. The molecule has 0 spiro atoms. The van der Waals surface area contributed by atoms with Crippen LogP contribution in [0, 0.1) is 10.1 Å². The normalized spacial score (nSPS) is 10.8. The summed E-state index contributed by atoms with van der Waals surface area (Å²) in [5.41, 5.74) is 1.90. The van der Waals surface area contributed by atoms with Crippen molar-refractivity contribution in [2.45, 2.75) is 27.2 Å². The minimum atomic E-state index is -0.318. The lowest BCUT2D eigenvalue weighted by Gasteiger charge is -2.15. The summed E-state index contributed by atoms with van der Waals surface area (Å²) in [6, 6.07) is 5.24. The summed E-state index contributed by atoms with van der Waals surface area (Å²) < 4.78 is 0. The van der Waals surface area contributed by atoms with Gasteiger partial charge in [-0.05, 0) is 38.1 Å². The zero-order chi connectivity index (χ0) is 13.5. The van der Waals surface area contributed by atoms with Crippen molar-refractivity contribution in [1.82, 2.24) is 4.90 Å². The van der Waals surface area contributed by atoms with E-state index in [1.807, 2.05) is 25.3 Å². The molecule has 0 aliphatic rings. The number of nitro groups is 1. The largest absolute Gasteiger partial charge is 0.378 e. The van der Waals surface area contributed by atoms with E-state index in [0.717, 1.165) is 30.6 Å². The molecule has 18 heavy (non-hydrogen) atoms. The third kappa shape index (κ3) is 3.32. The van der Waals surface area contributed by atoms with Gasteiger partial charge in [0.2, 0.25) is 0 Å². The minimum absolute atomic E-state index is 0.178. The van der Waals surface area contributed by atoms with Crippen molar-refractivity contribution in [3.8, 4) is 0 Å². The Morgan fingerprint density at radius 1 is 1.28 bits per heavy atom. The van der Waals surface area contributed by atoms with Gasteiger partial charge in [0.15, 0.2) is 0 Å². The van der Waals surface area contributed by atoms with Gasteiger partial charge in [0.1, 0.15) is 0 Å². The number of nitro benzene ring substituents is 1. The van der Waals surface area contributed by atoms with E-state index in [4.69, 9.17) is 0 Å². The van der Waals surface area contributed by atoms with Gasteiger partial charge in [0.05, 0.1) is 10.5 Å². The highest BCUT2D eigenvalue weighted by atomic mass is 16.6. The van der Waals surface area contributed by atoms with Gasteiger partial charge in [-0.25, -0.2) is 0 Å². The summed E-state index contributed by atoms with van der Waals surface area (Å²) in [5, 5.41) is 11.0. The molecule has 0 aromatic heterocycles. The smallest absolute Gasteiger partial charge is 0.276 e. The molecule has 0 atom stereocenters. The third-order valence-electron chi connectivity index (χ3n) is 3.02. The number of hydrogen-bond acceptors (Lipinski definition) is 3. The molecule has 0 fully saturated rings. The predicted molar refractivity (Wildman–Crippen MR) is 74.4 cm³/mol. The molecule has 1 aromatic rings. The van der Waals surface area contributed by atoms with Gasteiger partial charge in [-0.15, -0.1) is 0 Å². The number of aryl methyl sites for hydroxylation is 1. The summed E-state index contributed by atoms with van der Waals surface area (Å²) in [5.74, 6) is 0. The molecule has 0 heterocycles. The van der Waals surface area contributed by atoms with E-state index in [1.54, 1.807) is 12.1 Å². The molecule has 0 aliphatic carbocycles. The quantitative estimate of drug-likeness (QED) is 0.572. The molecule has 98 valence electrons.